The molecule has 22 heavy (non-hydrogen) atoms. The quantitative estimate of drug-likeness (QED) is 0.769. The minimum atomic E-state index is -0.386. The maximum absolute atomic E-state index is 12.1. The molecule has 0 aliphatic heterocycles. The van der Waals surface area contributed by atoms with Crippen molar-refractivity contribution >= 4 is 11.9 Å². The van der Waals surface area contributed by atoms with Gasteiger partial charge in [-0.2, -0.15) is 0 Å². The molecule has 0 radical (unpaired) electrons. The SMILES string of the molecule is C[C@H]([NH2+][C@H](C)c1ccco1)C(=O)NC(=O)NC1CCCCC1. The van der Waals surface area contributed by atoms with Gasteiger partial charge in [-0.25, -0.2) is 4.79 Å². The van der Waals surface area contributed by atoms with Crippen LogP contribution in [0, 0.1) is 0 Å². The lowest BCUT2D eigenvalue weighted by Crippen LogP contribution is -2.92. The Morgan fingerprint density at radius 2 is 2.00 bits per heavy atom. The van der Waals surface area contributed by atoms with E-state index in [-0.39, 0.29) is 30.1 Å². The number of nitrogens with two attached hydrogens (primary N) is 1. The Bertz CT molecular complexity index is 481. The molecule has 0 saturated heterocycles. The van der Waals surface area contributed by atoms with Crippen LogP contribution in [0.15, 0.2) is 22.8 Å². The summed E-state index contributed by atoms with van der Waals surface area (Å²) >= 11 is 0. The van der Waals surface area contributed by atoms with Gasteiger partial charge in [0.15, 0.2) is 11.8 Å². The zero-order chi connectivity index (χ0) is 15.9. The molecule has 2 rings (SSSR count). The summed E-state index contributed by atoms with van der Waals surface area (Å²) in [7, 11) is 0. The maximum Gasteiger partial charge on any atom is 0.321 e. The van der Waals surface area contributed by atoms with Crippen molar-refractivity contribution < 1.29 is 19.3 Å². The zero-order valence-electron chi connectivity index (χ0n) is 13.3. The Balaban J connectivity index is 1.74. The number of rotatable bonds is 5. The average molecular weight is 308 g/mol. The van der Waals surface area contributed by atoms with Crippen molar-refractivity contribution in [2.24, 2.45) is 0 Å². The molecule has 1 aliphatic carbocycles. The topological polar surface area (TPSA) is 88.0 Å². The van der Waals surface area contributed by atoms with Crippen molar-refractivity contribution in [3.63, 3.8) is 0 Å². The van der Waals surface area contributed by atoms with E-state index in [0.717, 1.165) is 31.4 Å². The van der Waals surface area contributed by atoms with Crippen LogP contribution in [0.1, 0.15) is 57.8 Å². The van der Waals surface area contributed by atoms with Crippen molar-refractivity contribution in [1.82, 2.24) is 10.6 Å². The van der Waals surface area contributed by atoms with Crippen LogP contribution in [0.3, 0.4) is 0 Å². The Morgan fingerprint density at radius 1 is 1.27 bits per heavy atom. The number of quaternary nitrogens is 1. The molecule has 0 spiro atoms. The number of urea groups is 1. The number of nitrogens with one attached hydrogen (secondary N) is 2. The summed E-state index contributed by atoms with van der Waals surface area (Å²) < 4.78 is 5.32. The molecule has 3 amide bonds. The highest BCUT2D eigenvalue weighted by Crippen LogP contribution is 2.17. The number of furan rings is 1. The van der Waals surface area contributed by atoms with Gasteiger partial charge >= 0.3 is 6.03 Å². The molecular weight excluding hydrogens is 282 g/mol. The molecule has 1 fully saturated rings. The van der Waals surface area contributed by atoms with Crippen molar-refractivity contribution in [3.8, 4) is 0 Å². The molecule has 6 nitrogen and oxygen atoms in total. The maximum atomic E-state index is 12.1. The summed E-state index contributed by atoms with van der Waals surface area (Å²) in [6, 6.07) is 3.17. The minimum Gasteiger partial charge on any atom is -0.463 e. The first-order valence-electron chi connectivity index (χ1n) is 8.06. The van der Waals surface area contributed by atoms with Crippen molar-refractivity contribution in [2.45, 2.75) is 64.1 Å². The second kappa shape index (κ2) is 7.98. The standard InChI is InChI=1S/C16H25N3O3/c1-11(14-9-6-10-22-14)17-12(2)15(20)19-16(21)18-13-7-4-3-5-8-13/h6,9-13,17H,3-5,7-8H2,1-2H3,(H2,18,19,20,21)/p+1/t11-,12+/m1/s1. The Hall–Kier alpha value is -1.82. The van der Waals surface area contributed by atoms with Gasteiger partial charge in [-0.1, -0.05) is 19.3 Å². The van der Waals surface area contributed by atoms with E-state index in [1.54, 1.807) is 13.2 Å². The fraction of sp³-hybridized carbons (Fsp3) is 0.625. The van der Waals surface area contributed by atoms with Gasteiger partial charge in [0.25, 0.3) is 5.91 Å². The largest absolute Gasteiger partial charge is 0.463 e. The summed E-state index contributed by atoms with van der Waals surface area (Å²) in [6.07, 6.45) is 7.13. The average Bonchev–Trinajstić information content (AvgIpc) is 3.02. The van der Waals surface area contributed by atoms with Gasteiger partial charge in [-0.05, 0) is 38.8 Å². The Labute approximate surface area is 131 Å². The number of imide groups is 1. The van der Waals surface area contributed by atoms with E-state index in [0.29, 0.717) is 0 Å². The Morgan fingerprint density at radius 3 is 2.64 bits per heavy atom. The monoisotopic (exact) mass is 308 g/mol. The molecule has 0 aromatic carbocycles. The molecule has 2 atom stereocenters. The summed E-state index contributed by atoms with van der Waals surface area (Å²) in [6.45, 7) is 3.74. The van der Waals surface area contributed by atoms with Gasteiger partial charge in [0.1, 0.15) is 6.04 Å². The number of carbonyl (C=O) groups is 2. The predicted octanol–water partition coefficient (Wildman–Crippen LogP) is 1.45. The highest BCUT2D eigenvalue weighted by Gasteiger charge is 2.24. The number of carbonyl (C=O) groups excluding carboxylic acids is 2. The van der Waals surface area contributed by atoms with E-state index in [9.17, 15) is 9.59 Å². The molecule has 1 aliphatic rings. The van der Waals surface area contributed by atoms with E-state index in [1.807, 2.05) is 24.4 Å². The second-order valence-electron chi connectivity index (χ2n) is 6.08. The summed E-state index contributed by atoms with van der Waals surface area (Å²) in [5.41, 5.74) is 0. The third kappa shape index (κ3) is 4.87. The number of hydrogen-bond acceptors (Lipinski definition) is 3. The molecule has 4 N–H and O–H groups in total. The van der Waals surface area contributed by atoms with E-state index < -0.39 is 0 Å². The second-order valence-corrected chi connectivity index (χ2v) is 6.08. The molecule has 1 heterocycles. The lowest BCUT2D eigenvalue weighted by Gasteiger charge is -2.23. The van der Waals surface area contributed by atoms with Crippen LogP contribution in [-0.4, -0.2) is 24.0 Å². The lowest BCUT2D eigenvalue weighted by molar-refractivity contribution is -0.711. The molecule has 122 valence electrons. The van der Waals surface area contributed by atoms with Crippen molar-refractivity contribution in [3.05, 3.63) is 24.2 Å². The van der Waals surface area contributed by atoms with Gasteiger partial charge in [0.2, 0.25) is 0 Å². The fourth-order valence-corrected chi connectivity index (χ4v) is 2.86. The minimum absolute atomic E-state index is 0.0251. The third-order valence-electron chi connectivity index (χ3n) is 4.16. The van der Waals surface area contributed by atoms with Crippen LogP contribution in [0.5, 0.6) is 0 Å². The lowest BCUT2D eigenvalue weighted by atomic mass is 9.96. The van der Waals surface area contributed by atoms with Gasteiger partial charge in [-0.15, -0.1) is 0 Å². The molecule has 1 aromatic heterocycles. The summed E-state index contributed by atoms with van der Waals surface area (Å²) in [5.74, 6) is 0.526. The Kier molecular flexibility index (Phi) is 6.00. The fourth-order valence-electron chi connectivity index (χ4n) is 2.86. The number of amides is 3. The third-order valence-corrected chi connectivity index (χ3v) is 4.16. The molecule has 1 saturated carbocycles. The van der Waals surface area contributed by atoms with E-state index >= 15 is 0 Å². The van der Waals surface area contributed by atoms with Gasteiger partial charge in [-0.3, -0.25) is 10.1 Å². The van der Waals surface area contributed by atoms with Crippen molar-refractivity contribution in [2.75, 3.05) is 0 Å². The van der Waals surface area contributed by atoms with Gasteiger partial charge in [0.05, 0.1) is 6.26 Å². The smallest absolute Gasteiger partial charge is 0.321 e. The molecule has 1 aromatic rings. The predicted molar refractivity (Wildman–Crippen MR) is 82.1 cm³/mol. The van der Waals surface area contributed by atoms with E-state index in [1.165, 1.54) is 6.42 Å². The first kappa shape index (κ1) is 16.5. The van der Waals surface area contributed by atoms with Crippen LogP contribution in [0.2, 0.25) is 0 Å². The zero-order valence-corrected chi connectivity index (χ0v) is 13.3. The van der Waals surface area contributed by atoms with E-state index in [2.05, 4.69) is 10.6 Å². The van der Waals surface area contributed by atoms with Crippen molar-refractivity contribution in [1.29, 1.82) is 0 Å². The van der Waals surface area contributed by atoms with Crippen LogP contribution >= 0.6 is 0 Å². The van der Waals surface area contributed by atoms with Gasteiger partial charge < -0.3 is 15.1 Å². The normalized spacial score (nSPS) is 18.5. The van der Waals surface area contributed by atoms with Crippen LogP contribution in [0.25, 0.3) is 0 Å². The highest BCUT2D eigenvalue weighted by atomic mass is 16.3. The summed E-state index contributed by atoms with van der Waals surface area (Å²) in [5, 5.41) is 7.19. The highest BCUT2D eigenvalue weighted by molar-refractivity contribution is 5.96. The molecule has 6 heteroatoms. The first-order chi connectivity index (χ1) is 10.6. The van der Waals surface area contributed by atoms with Crippen LogP contribution in [-0.2, 0) is 4.79 Å². The van der Waals surface area contributed by atoms with Crippen LogP contribution in [0.4, 0.5) is 4.79 Å². The van der Waals surface area contributed by atoms with Crippen LogP contribution < -0.4 is 16.0 Å². The summed E-state index contributed by atoms with van der Waals surface area (Å²) in [4.78, 5) is 23.9. The van der Waals surface area contributed by atoms with Gasteiger partial charge in [0, 0.05) is 6.04 Å². The number of hydrogen-bond donors (Lipinski definition) is 3. The van der Waals surface area contributed by atoms with E-state index in [4.69, 9.17) is 4.42 Å². The molecule has 0 unspecified atom stereocenters. The molecule has 0 bridgehead atoms. The first-order valence-corrected chi connectivity index (χ1v) is 8.06. The molecular formula is C16H26N3O3+.